The van der Waals surface area contributed by atoms with Crippen molar-refractivity contribution in [3.8, 4) is 0 Å². The van der Waals surface area contributed by atoms with E-state index in [4.69, 9.17) is 16.3 Å². The molecule has 1 rings (SSSR count). The van der Waals surface area contributed by atoms with Gasteiger partial charge in [-0.2, -0.15) is 0 Å². The number of esters is 1. The van der Waals surface area contributed by atoms with E-state index in [0.717, 1.165) is 11.8 Å². The molecule has 0 aliphatic rings. The Balaban J connectivity index is 2.87. The van der Waals surface area contributed by atoms with E-state index in [1.165, 1.54) is 0 Å². The van der Waals surface area contributed by atoms with Gasteiger partial charge in [0.2, 0.25) is 0 Å². The van der Waals surface area contributed by atoms with Gasteiger partial charge in [-0.15, -0.1) is 0 Å². The van der Waals surface area contributed by atoms with Gasteiger partial charge in [-0.05, 0) is 24.1 Å². The smallest absolute Gasteiger partial charge is 0.318 e. The molecule has 0 aromatic heterocycles. The van der Waals surface area contributed by atoms with Crippen molar-refractivity contribution in [2.24, 2.45) is 0 Å². The Labute approximate surface area is 94.5 Å². The standard InChI is InChI=1S/C12H13ClO2/c1-3-11(12(14)15-4-2)9-5-7-10(13)8-6-9/h4-8,11H,2-3H2,1H3. The summed E-state index contributed by atoms with van der Waals surface area (Å²) in [7, 11) is 0. The largest absolute Gasteiger partial charge is 0.435 e. The van der Waals surface area contributed by atoms with Gasteiger partial charge >= 0.3 is 5.97 Å². The van der Waals surface area contributed by atoms with Gasteiger partial charge in [0.15, 0.2) is 0 Å². The highest BCUT2D eigenvalue weighted by atomic mass is 35.5. The SMILES string of the molecule is C=COC(=O)C(CC)c1ccc(Cl)cc1. The van der Waals surface area contributed by atoms with E-state index in [2.05, 4.69) is 6.58 Å². The highest BCUT2D eigenvalue weighted by Crippen LogP contribution is 2.22. The van der Waals surface area contributed by atoms with Crippen molar-refractivity contribution in [3.63, 3.8) is 0 Å². The van der Waals surface area contributed by atoms with Crippen molar-refractivity contribution in [3.05, 3.63) is 47.7 Å². The van der Waals surface area contributed by atoms with Crippen molar-refractivity contribution >= 4 is 17.6 Å². The Morgan fingerprint density at radius 1 is 1.53 bits per heavy atom. The molecule has 0 saturated carbocycles. The van der Waals surface area contributed by atoms with Crippen LogP contribution in [0.4, 0.5) is 0 Å². The van der Waals surface area contributed by atoms with E-state index >= 15 is 0 Å². The lowest BCUT2D eigenvalue weighted by atomic mass is 9.97. The van der Waals surface area contributed by atoms with Crippen LogP contribution in [0.5, 0.6) is 0 Å². The van der Waals surface area contributed by atoms with Crippen LogP contribution < -0.4 is 0 Å². The number of rotatable bonds is 4. The fourth-order valence-corrected chi connectivity index (χ4v) is 1.52. The van der Waals surface area contributed by atoms with E-state index in [-0.39, 0.29) is 11.9 Å². The van der Waals surface area contributed by atoms with Crippen LogP contribution in [0.3, 0.4) is 0 Å². The molecule has 3 heteroatoms. The number of benzene rings is 1. The minimum absolute atomic E-state index is 0.250. The van der Waals surface area contributed by atoms with Crippen LogP contribution in [0.15, 0.2) is 37.1 Å². The summed E-state index contributed by atoms with van der Waals surface area (Å²) in [5, 5.41) is 0.658. The Kier molecular flexibility index (Phi) is 4.37. The van der Waals surface area contributed by atoms with Crippen LogP contribution >= 0.6 is 11.6 Å². The van der Waals surface area contributed by atoms with Crippen LogP contribution in [0.25, 0.3) is 0 Å². The molecule has 0 spiro atoms. The van der Waals surface area contributed by atoms with Crippen molar-refractivity contribution in [1.82, 2.24) is 0 Å². The van der Waals surface area contributed by atoms with Crippen LogP contribution in [0.2, 0.25) is 5.02 Å². The molecule has 15 heavy (non-hydrogen) atoms. The summed E-state index contributed by atoms with van der Waals surface area (Å²) in [6, 6.07) is 7.20. The lowest BCUT2D eigenvalue weighted by molar-refractivity contribution is -0.139. The van der Waals surface area contributed by atoms with Crippen LogP contribution in [-0.2, 0) is 9.53 Å². The number of carbonyl (C=O) groups excluding carboxylic acids is 1. The molecule has 0 amide bonds. The van der Waals surface area contributed by atoms with Crippen molar-refractivity contribution < 1.29 is 9.53 Å². The van der Waals surface area contributed by atoms with Gasteiger partial charge in [-0.25, -0.2) is 0 Å². The summed E-state index contributed by atoms with van der Waals surface area (Å²) in [5.74, 6) is -0.532. The van der Waals surface area contributed by atoms with Gasteiger partial charge < -0.3 is 4.74 Å². The topological polar surface area (TPSA) is 26.3 Å². The fraction of sp³-hybridized carbons (Fsp3) is 0.250. The molecule has 1 aromatic rings. The Hall–Kier alpha value is -1.28. The molecule has 0 saturated heterocycles. The Morgan fingerprint density at radius 3 is 2.60 bits per heavy atom. The van der Waals surface area contributed by atoms with E-state index < -0.39 is 0 Å². The lowest BCUT2D eigenvalue weighted by Gasteiger charge is -2.12. The first-order valence-electron chi connectivity index (χ1n) is 4.76. The zero-order valence-corrected chi connectivity index (χ0v) is 9.33. The van der Waals surface area contributed by atoms with E-state index in [1.54, 1.807) is 12.1 Å². The third-order valence-electron chi connectivity index (χ3n) is 2.16. The predicted molar refractivity (Wildman–Crippen MR) is 60.8 cm³/mol. The molecule has 0 aliphatic carbocycles. The third kappa shape index (κ3) is 3.10. The summed E-state index contributed by atoms with van der Waals surface area (Å²) in [5.41, 5.74) is 0.911. The molecule has 1 aromatic carbocycles. The number of ether oxygens (including phenoxy) is 1. The monoisotopic (exact) mass is 224 g/mol. The molecule has 0 N–H and O–H groups in total. The van der Waals surface area contributed by atoms with Crippen LogP contribution in [0.1, 0.15) is 24.8 Å². The second kappa shape index (κ2) is 5.56. The zero-order valence-electron chi connectivity index (χ0n) is 8.57. The quantitative estimate of drug-likeness (QED) is 0.578. The molecule has 80 valence electrons. The lowest BCUT2D eigenvalue weighted by Crippen LogP contribution is -2.12. The van der Waals surface area contributed by atoms with Gasteiger partial charge in [-0.3, -0.25) is 4.79 Å². The van der Waals surface area contributed by atoms with Crippen molar-refractivity contribution in [2.75, 3.05) is 0 Å². The van der Waals surface area contributed by atoms with Crippen LogP contribution in [0, 0.1) is 0 Å². The summed E-state index contributed by atoms with van der Waals surface area (Å²) in [6.45, 7) is 5.30. The maximum Gasteiger partial charge on any atom is 0.318 e. The number of hydrogen-bond donors (Lipinski definition) is 0. The fourth-order valence-electron chi connectivity index (χ4n) is 1.40. The molecule has 0 heterocycles. The molecule has 0 radical (unpaired) electrons. The molecule has 0 fully saturated rings. The number of carbonyl (C=O) groups is 1. The number of hydrogen-bond acceptors (Lipinski definition) is 2. The highest BCUT2D eigenvalue weighted by molar-refractivity contribution is 6.30. The first-order chi connectivity index (χ1) is 7.19. The molecular weight excluding hydrogens is 212 g/mol. The third-order valence-corrected chi connectivity index (χ3v) is 2.42. The molecule has 1 atom stereocenters. The van der Waals surface area contributed by atoms with Gasteiger partial charge in [0.25, 0.3) is 0 Å². The average molecular weight is 225 g/mol. The molecule has 1 unspecified atom stereocenters. The summed E-state index contributed by atoms with van der Waals surface area (Å²) < 4.78 is 4.77. The van der Waals surface area contributed by atoms with Gasteiger partial charge in [0.05, 0.1) is 12.2 Å². The predicted octanol–water partition coefficient (Wildman–Crippen LogP) is 3.52. The second-order valence-corrected chi connectivity index (χ2v) is 3.55. The average Bonchev–Trinajstić information content (AvgIpc) is 2.22. The van der Waals surface area contributed by atoms with Gasteiger partial charge in [0, 0.05) is 5.02 Å². The van der Waals surface area contributed by atoms with E-state index in [9.17, 15) is 4.79 Å². The first-order valence-corrected chi connectivity index (χ1v) is 5.13. The Morgan fingerprint density at radius 2 is 2.13 bits per heavy atom. The van der Waals surface area contributed by atoms with Gasteiger partial charge in [0.1, 0.15) is 0 Å². The normalized spacial score (nSPS) is 11.9. The molecule has 0 aliphatic heterocycles. The maximum atomic E-state index is 11.5. The minimum Gasteiger partial charge on any atom is -0.435 e. The van der Waals surface area contributed by atoms with Crippen molar-refractivity contribution in [2.45, 2.75) is 19.3 Å². The zero-order chi connectivity index (χ0) is 11.3. The second-order valence-electron chi connectivity index (χ2n) is 3.12. The molecular formula is C12H13ClO2. The summed E-state index contributed by atoms with van der Waals surface area (Å²) in [6.07, 6.45) is 1.84. The van der Waals surface area contributed by atoms with Crippen LogP contribution in [-0.4, -0.2) is 5.97 Å². The molecule has 0 bridgehead atoms. The highest BCUT2D eigenvalue weighted by Gasteiger charge is 2.19. The van der Waals surface area contributed by atoms with Crippen molar-refractivity contribution in [1.29, 1.82) is 0 Å². The summed E-state index contributed by atoms with van der Waals surface area (Å²) in [4.78, 5) is 11.5. The van der Waals surface area contributed by atoms with E-state index in [1.807, 2.05) is 19.1 Å². The maximum absolute atomic E-state index is 11.5. The Bertz CT molecular complexity index is 343. The van der Waals surface area contributed by atoms with Gasteiger partial charge in [-0.1, -0.05) is 37.2 Å². The summed E-state index contributed by atoms with van der Waals surface area (Å²) >= 11 is 5.77. The molecule has 2 nitrogen and oxygen atoms in total. The van der Waals surface area contributed by atoms with E-state index in [0.29, 0.717) is 11.4 Å². The first kappa shape index (κ1) is 11.8. The minimum atomic E-state index is -0.283. The number of halogens is 1.